The number of hydrogen-bond donors (Lipinski definition) is 3. The lowest BCUT2D eigenvalue weighted by molar-refractivity contribution is 0.0950. The molecular weight excluding hydrogens is 363 g/mol. The third-order valence-electron chi connectivity index (χ3n) is 3.28. The molecule has 25 heavy (non-hydrogen) atoms. The van der Waals surface area contributed by atoms with Gasteiger partial charge in [0.15, 0.2) is 0 Å². The Morgan fingerprint density at radius 2 is 2.04 bits per heavy atom. The molecule has 1 aromatic heterocycles. The SMILES string of the molecule is O=C(N/N=C\c1cccc(O)c1)c1cc(-c2cc(Cl)ccc2Cl)n[nH]1. The topological polar surface area (TPSA) is 90.4 Å². The van der Waals surface area contributed by atoms with Crippen molar-refractivity contribution in [3.8, 4) is 17.0 Å². The fourth-order valence-corrected chi connectivity index (χ4v) is 2.49. The molecule has 0 bridgehead atoms. The van der Waals surface area contributed by atoms with Crippen molar-refractivity contribution in [2.75, 3.05) is 0 Å². The Bertz CT molecular complexity index is 953. The molecule has 0 saturated carbocycles. The van der Waals surface area contributed by atoms with Crippen LogP contribution in [0.3, 0.4) is 0 Å². The molecule has 0 saturated heterocycles. The standard InChI is InChI=1S/C17H12Cl2N4O2/c18-11-4-5-14(19)13(7-11)15-8-16(22-21-15)17(25)23-20-9-10-2-1-3-12(24)6-10/h1-9,24H,(H,21,22)(H,23,25)/b20-9-. The summed E-state index contributed by atoms with van der Waals surface area (Å²) in [4.78, 5) is 12.1. The Labute approximate surface area is 153 Å². The molecule has 2 aromatic carbocycles. The molecule has 0 atom stereocenters. The average molecular weight is 375 g/mol. The predicted molar refractivity (Wildman–Crippen MR) is 97.2 cm³/mol. The van der Waals surface area contributed by atoms with Crippen LogP contribution >= 0.6 is 23.2 Å². The number of H-pyrrole nitrogens is 1. The highest BCUT2D eigenvalue weighted by Gasteiger charge is 2.13. The number of carbonyl (C=O) groups excluding carboxylic acids is 1. The van der Waals surface area contributed by atoms with Crippen LogP contribution < -0.4 is 5.43 Å². The molecule has 3 N–H and O–H groups in total. The molecule has 3 aromatic rings. The number of benzene rings is 2. The number of phenols is 1. The fraction of sp³-hybridized carbons (Fsp3) is 0. The molecule has 1 heterocycles. The minimum atomic E-state index is -0.465. The van der Waals surface area contributed by atoms with Gasteiger partial charge < -0.3 is 5.11 Å². The highest BCUT2D eigenvalue weighted by molar-refractivity contribution is 6.35. The normalized spacial score (nSPS) is 11.0. The number of hydrazone groups is 1. The van der Waals surface area contributed by atoms with Crippen LogP contribution in [-0.4, -0.2) is 27.4 Å². The van der Waals surface area contributed by atoms with Gasteiger partial charge in [0.25, 0.3) is 5.91 Å². The minimum Gasteiger partial charge on any atom is -0.508 e. The monoisotopic (exact) mass is 374 g/mol. The zero-order valence-corrected chi connectivity index (χ0v) is 14.2. The molecule has 6 nitrogen and oxygen atoms in total. The summed E-state index contributed by atoms with van der Waals surface area (Å²) in [6, 6.07) is 13.0. The first kappa shape index (κ1) is 17.0. The van der Waals surface area contributed by atoms with Crippen LogP contribution in [0, 0.1) is 0 Å². The van der Waals surface area contributed by atoms with Crippen molar-refractivity contribution in [1.29, 1.82) is 0 Å². The minimum absolute atomic E-state index is 0.117. The lowest BCUT2D eigenvalue weighted by Crippen LogP contribution is -2.17. The van der Waals surface area contributed by atoms with Gasteiger partial charge in [0.05, 0.1) is 16.9 Å². The Hall–Kier alpha value is -2.83. The summed E-state index contributed by atoms with van der Waals surface area (Å²) in [5, 5.41) is 20.9. The van der Waals surface area contributed by atoms with E-state index in [-0.39, 0.29) is 11.4 Å². The number of nitrogens with one attached hydrogen (secondary N) is 2. The summed E-state index contributed by atoms with van der Waals surface area (Å²) >= 11 is 12.1. The van der Waals surface area contributed by atoms with Gasteiger partial charge >= 0.3 is 0 Å². The second-order valence-electron chi connectivity index (χ2n) is 5.09. The molecule has 0 fully saturated rings. The number of halogens is 2. The van der Waals surface area contributed by atoms with Gasteiger partial charge in [-0.05, 0) is 42.0 Å². The molecule has 8 heteroatoms. The summed E-state index contributed by atoms with van der Waals surface area (Å²) in [5.41, 5.74) is 4.36. The first-order valence-electron chi connectivity index (χ1n) is 7.16. The molecule has 1 amide bonds. The van der Waals surface area contributed by atoms with E-state index in [2.05, 4.69) is 20.7 Å². The smallest absolute Gasteiger partial charge is 0.289 e. The van der Waals surface area contributed by atoms with Crippen molar-refractivity contribution in [1.82, 2.24) is 15.6 Å². The van der Waals surface area contributed by atoms with Gasteiger partial charge in [0, 0.05) is 10.6 Å². The van der Waals surface area contributed by atoms with Crippen molar-refractivity contribution in [3.05, 3.63) is 69.8 Å². The number of aromatic hydroxyl groups is 1. The van der Waals surface area contributed by atoms with Gasteiger partial charge in [-0.2, -0.15) is 10.2 Å². The van der Waals surface area contributed by atoms with E-state index in [0.29, 0.717) is 26.9 Å². The summed E-state index contributed by atoms with van der Waals surface area (Å²) < 4.78 is 0. The lowest BCUT2D eigenvalue weighted by Gasteiger charge is -2.00. The van der Waals surface area contributed by atoms with Gasteiger partial charge in [-0.15, -0.1) is 0 Å². The molecule has 0 spiro atoms. The van der Waals surface area contributed by atoms with Crippen LogP contribution in [0.4, 0.5) is 0 Å². The van der Waals surface area contributed by atoms with Crippen LogP contribution in [0.15, 0.2) is 53.6 Å². The molecule has 0 radical (unpaired) electrons. The van der Waals surface area contributed by atoms with Crippen LogP contribution in [0.25, 0.3) is 11.3 Å². The maximum absolute atomic E-state index is 12.1. The maximum atomic E-state index is 12.1. The van der Waals surface area contributed by atoms with Crippen molar-refractivity contribution < 1.29 is 9.90 Å². The van der Waals surface area contributed by atoms with Crippen molar-refractivity contribution in [2.45, 2.75) is 0 Å². The lowest BCUT2D eigenvalue weighted by atomic mass is 10.1. The number of phenolic OH excluding ortho intramolecular Hbond substituents is 1. The first-order valence-corrected chi connectivity index (χ1v) is 7.92. The van der Waals surface area contributed by atoms with Crippen molar-refractivity contribution in [2.24, 2.45) is 5.10 Å². The highest BCUT2D eigenvalue weighted by atomic mass is 35.5. The fourth-order valence-electron chi connectivity index (χ4n) is 2.10. The van der Waals surface area contributed by atoms with E-state index < -0.39 is 5.91 Å². The van der Waals surface area contributed by atoms with E-state index in [9.17, 15) is 9.90 Å². The van der Waals surface area contributed by atoms with Crippen molar-refractivity contribution >= 4 is 35.3 Å². The van der Waals surface area contributed by atoms with Crippen LogP contribution in [0.2, 0.25) is 10.0 Å². The second kappa shape index (κ2) is 7.38. The van der Waals surface area contributed by atoms with Crippen LogP contribution in [0.1, 0.15) is 16.1 Å². The zero-order valence-electron chi connectivity index (χ0n) is 12.7. The van der Waals surface area contributed by atoms with Gasteiger partial charge in [0.2, 0.25) is 0 Å². The number of aromatic nitrogens is 2. The molecule has 3 rings (SSSR count). The number of aromatic amines is 1. The molecular formula is C17H12Cl2N4O2. The number of carbonyl (C=O) groups is 1. The number of nitrogens with zero attached hydrogens (tertiary/aromatic N) is 2. The summed E-state index contributed by atoms with van der Waals surface area (Å²) in [5.74, 6) is -0.347. The summed E-state index contributed by atoms with van der Waals surface area (Å²) in [7, 11) is 0. The van der Waals surface area contributed by atoms with E-state index in [4.69, 9.17) is 23.2 Å². The van der Waals surface area contributed by atoms with E-state index in [1.807, 2.05) is 0 Å². The summed E-state index contributed by atoms with van der Waals surface area (Å²) in [6.45, 7) is 0. The number of hydrogen-bond acceptors (Lipinski definition) is 4. The molecule has 0 aliphatic carbocycles. The van der Waals surface area contributed by atoms with Crippen LogP contribution in [-0.2, 0) is 0 Å². The Balaban J connectivity index is 1.71. The maximum Gasteiger partial charge on any atom is 0.289 e. The number of rotatable bonds is 4. The first-order chi connectivity index (χ1) is 12.0. The predicted octanol–water partition coefficient (Wildman–Crippen LogP) is 3.85. The van der Waals surface area contributed by atoms with Gasteiger partial charge in [-0.25, -0.2) is 5.43 Å². The van der Waals surface area contributed by atoms with Gasteiger partial charge in [-0.3, -0.25) is 9.89 Å². The van der Waals surface area contributed by atoms with E-state index in [1.165, 1.54) is 12.3 Å². The number of amides is 1. The molecule has 0 aliphatic heterocycles. The molecule has 0 unspecified atom stereocenters. The quantitative estimate of drug-likeness (QED) is 0.478. The largest absolute Gasteiger partial charge is 0.508 e. The third kappa shape index (κ3) is 4.17. The van der Waals surface area contributed by atoms with Crippen LogP contribution in [0.5, 0.6) is 5.75 Å². The van der Waals surface area contributed by atoms with Gasteiger partial charge in [0.1, 0.15) is 11.4 Å². The Kier molecular flexibility index (Phi) is 5.02. The van der Waals surface area contributed by atoms with E-state index >= 15 is 0 Å². The second-order valence-corrected chi connectivity index (χ2v) is 5.93. The average Bonchev–Trinajstić information content (AvgIpc) is 3.07. The van der Waals surface area contributed by atoms with E-state index in [0.717, 1.165) is 0 Å². The molecule has 0 aliphatic rings. The molecule has 126 valence electrons. The zero-order chi connectivity index (χ0) is 17.8. The van der Waals surface area contributed by atoms with E-state index in [1.54, 1.807) is 42.5 Å². The van der Waals surface area contributed by atoms with Crippen molar-refractivity contribution in [3.63, 3.8) is 0 Å². The van der Waals surface area contributed by atoms with Gasteiger partial charge in [-0.1, -0.05) is 35.3 Å². The summed E-state index contributed by atoms with van der Waals surface area (Å²) in [6.07, 6.45) is 1.42. The Morgan fingerprint density at radius 1 is 1.20 bits per heavy atom. The third-order valence-corrected chi connectivity index (χ3v) is 3.84. The Morgan fingerprint density at radius 3 is 2.84 bits per heavy atom. The highest BCUT2D eigenvalue weighted by Crippen LogP contribution is 2.29.